The zero-order valence-corrected chi connectivity index (χ0v) is 18.1. The van der Waals surface area contributed by atoms with Crippen molar-refractivity contribution in [1.29, 1.82) is 5.26 Å². The van der Waals surface area contributed by atoms with E-state index >= 15 is 0 Å². The molecule has 0 radical (unpaired) electrons. The molecule has 0 aliphatic heterocycles. The van der Waals surface area contributed by atoms with Gasteiger partial charge in [0.2, 0.25) is 0 Å². The summed E-state index contributed by atoms with van der Waals surface area (Å²) in [5, 5.41) is 15.1. The van der Waals surface area contributed by atoms with Gasteiger partial charge in [-0.15, -0.1) is 0 Å². The van der Waals surface area contributed by atoms with E-state index < -0.39 is 5.91 Å². The van der Waals surface area contributed by atoms with Crippen molar-refractivity contribution in [2.24, 2.45) is 0 Å². The van der Waals surface area contributed by atoms with Gasteiger partial charge in [0.05, 0.1) is 7.11 Å². The van der Waals surface area contributed by atoms with Gasteiger partial charge in [-0.2, -0.15) is 5.26 Å². The van der Waals surface area contributed by atoms with Gasteiger partial charge in [0, 0.05) is 16.9 Å². The summed E-state index contributed by atoms with van der Waals surface area (Å²) < 4.78 is 5.10. The summed E-state index contributed by atoms with van der Waals surface area (Å²) in [5.74, 6) is -0.104. The number of hydrogen-bond donors (Lipinski definition) is 2. The molecule has 160 valence electrons. The lowest BCUT2D eigenvalue weighted by Gasteiger charge is -2.10. The van der Waals surface area contributed by atoms with Gasteiger partial charge in [0.25, 0.3) is 11.8 Å². The number of hydrogen-bond acceptors (Lipinski definition) is 4. The molecule has 0 atom stereocenters. The van der Waals surface area contributed by atoms with Gasteiger partial charge >= 0.3 is 0 Å². The van der Waals surface area contributed by atoms with Gasteiger partial charge in [0.15, 0.2) is 0 Å². The highest BCUT2D eigenvalue weighted by Gasteiger charge is 2.12. The Morgan fingerprint density at radius 3 is 2.38 bits per heavy atom. The molecule has 0 fully saturated rings. The van der Waals surface area contributed by atoms with Crippen molar-refractivity contribution in [3.05, 3.63) is 94.6 Å². The maximum absolute atomic E-state index is 12.6. The van der Waals surface area contributed by atoms with E-state index in [1.165, 1.54) is 6.08 Å². The van der Waals surface area contributed by atoms with Gasteiger partial charge in [-0.25, -0.2) is 0 Å². The first-order chi connectivity index (χ1) is 15.4. The van der Waals surface area contributed by atoms with Crippen molar-refractivity contribution in [2.75, 3.05) is 17.7 Å². The van der Waals surface area contributed by atoms with E-state index in [0.717, 1.165) is 11.1 Å². The van der Waals surface area contributed by atoms with Gasteiger partial charge in [0.1, 0.15) is 17.4 Å². The lowest BCUT2D eigenvalue weighted by Crippen LogP contribution is -2.14. The Bertz CT molecular complexity index is 1220. The van der Waals surface area contributed by atoms with Gasteiger partial charge in [-0.3, -0.25) is 9.59 Å². The van der Waals surface area contributed by atoms with E-state index in [0.29, 0.717) is 28.3 Å². The molecule has 0 aliphatic carbocycles. The van der Waals surface area contributed by atoms with Crippen molar-refractivity contribution in [3.8, 4) is 11.8 Å². The Morgan fingerprint density at radius 2 is 1.69 bits per heavy atom. The fraction of sp³-hybridized carbons (Fsp3) is 0.115. The fourth-order valence-electron chi connectivity index (χ4n) is 3.04. The fourth-order valence-corrected chi connectivity index (χ4v) is 3.04. The zero-order chi connectivity index (χ0) is 23.1. The average molecular weight is 425 g/mol. The highest BCUT2D eigenvalue weighted by atomic mass is 16.5. The molecular formula is C26H23N3O3. The predicted molar refractivity (Wildman–Crippen MR) is 126 cm³/mol. The maximum Gasteiger partial charge on any atom is 0.266 e. The lowest BCUT2D eigenvalue weighted by molar-refractivity contribution is -0.112. The summed E-state index contributed by atoms with van der Waals surface area (Å²) in [6, 6.07) is 21.2. The van der Waals surface area contributed by atoms with Crippen molar-refractivity contribution in [1.82, 2.24) is 0 Å². The van der Waals surface area contributed by atoms with Crippen LogP contribution < -0.4 is 15.4 Å². The normalized spacial score (nSPS) is 10.8. The van der Waals surface area contributed by atoms with E-state index in [-0.39, 0.29) is 11.5 Å². The highest BCUT2D eigenvalue weighted by Crippen LogP contribution is 2.20. The summed E-state index contributed by atoms with van der Waals surface area (Å²) in [7, 11) is 1.56. The first-order valence-corrected chi connectivity index (χ1v) is 9.96. The Balaban J connectivity index is 1.76. The number of anilines is 2. The largest absolute Gasteiger partial charge is 0.497 e. The van der Waals surface area contributed by atoms with Crippen LogP contribution >= 0.6 is 0 Å². The molecular weight excluding hydrogens is 402 g/mol. The van der Waals surface area contributed by atoms with E-state index in [1.807, 2.05) is 32.0 Å². The first-order valence-electron chi connectivity index (χ1n) is 9.96. The number of benzene rings is 3. The molecule has 3 aromatic rings. The van der Waals surface area contributed by atoms with Crippen molar-refractivity contribution < 1.29 is 14.3 Å². The zero-order valence-electron chi connectivity index (χ0n) is 18.1. The van der Waals surface area contributed by atoms with Crippen molar-refractivity contribution >= 4 is 29.3 Å². The predicted octanol–water partition coefficient (Wildman–Crippen LogP) is 5.11. The van der Waals surface area contributed by atoms with Crippen LogP contribution in [-0.4, -0.2) is 18.9 Å². The summed E-state index contributed by atoms with van der Waals surface area (Å²) in [6.07, 6.45) is 1.49. The number of amides is 2. The smallest absolute Gasteiger partial charge is 0.266 e. The molecule has 0 aromatic heterocycles. The Kier molecular flexibility index (Phi) is 7.04. The van der Waals surface area contributed by atoms with Crippen LogP contribution in [0.4, 0.5) is 11.4 Å². The molecule has 32 heavy (non-hydrogen) atoms. The van der Waals surface area contributed by atoms with Crippen LogP contribution in [0.25, 0.3) is 6.08 Å². The SMILES string of the molecule is COc1ccc(C(=O)Nc2cccc(/C=C(\C#N)C(=O)Nc3cccc(C)c3C)c2)cc1. The molecule has 0 heterocycles. The molecule has 0 saturated carbocycles. The average Bonchev–Trinajstić information content (AvgIpc) is 2.80. The van der Waals surface area contributed by atoms with Gasteiger partial charge < -0.3 is 15.4 Å². The summed E-state index contributed by atoms with van der Waals surface area (Å²) >= 11 is 0. The number of methoxy groups -OCH3 is 1. The minimum Gasteiger partial charge on any atom is -0.497 e. The standard InChI is InChI=1S/C26H23N3O3/c1-17-6-4-9-24(18(17)2)29-26(31)21(16-27)14-19-7-5-8-22(15-19)28-25(30)20-10-12-23(32-3)13-11-20/h4-15H,1-3H3,(H,28,30)(H,29,31)/b21-14+. The number of rotatable bonds is 6. The van der Waals surface area contributed by atoms with Crippen LogP contribution in [0.1, 0.15) is 27.0 Å². The molecule has 0 spiro atoms. The second-order valence-corrected chi connectivity index (χ2v) is 7.18. The van der Waals surface area contributed by atoms with Crippen molar-refractivity contribution in [2.45, 2.75) is 13.8 Å². The highest BCUT2D eigenvalue weighted by molar-refractivity contribution is 6.10. The van der Waals surface area contributed by atoms with E-state index in [4.69, 9.17) is 4.74 Å². The molecule has 0 aliphatic rings. The van der Waals surface area contributed by atoms with Crippen LogP contribution in [-0.2, 0) is 4.79 Å². The summed E-state index contributed by atoms with van der Waals surface area (Å²) in [5.41, 5.74) is 4.27. The molecule has 0 unspecified atom stereocenters. The summed E-state index contributed by atoms with van der Waals surface area (Å²) in [6.45, 7) is 3.87. The molecule has 2 amide bonds. The summed E-state index contributed by atoms with van der Waals surface area (Å²) in [4.78, 5) is 25.1. The lowest BCUT2D eigenvalue weighted by atomic mass is 10.1. The number of nitriles is 1. The second-order valence-electron chi connectivity index (χ2n) is 7.18. The number of nitrogens with one attached hydrogen (secondary N) is 2. The van der Waals surface area contributed by atoms with Crippen LogP contribution in [0.5, 0.6) is 5.75 Å². The minimum atomic E-state index is -0.492. The molecule has 0 bridgehead atoms. The monoisotopic (exact) mass is 425 g/mol. The van der Waals surface area contributed by atoms with Crippen LogP contribution in [0, 0.1) is 25.2 Å². The number of carbonyl (C=O) groups excluding carboxylic acids is 2. The maximum atomic E-state index is 12.6. The van der Waals surface area contributed by atoms with E-state index in [9.17, 15) is 14.9 Å². The van der Waals surface area contributed by atoms with Crippen LogP contribution in [0.3, 0.4) is 0 Å². The van der Waals surface area contributed by atoms with Crippen LogP contribution in [0.15, 0.2) is 72.3 Å². The van der Waals surface area contributed by atoms with Gasteiger partial charge in [-0.1, -0.05) is 24.3 Å². The first kappa shape index (κ1) is 22.3. The van der Waals surface area contributed by atoms with Crippen molar-refractivity contribution in [3.63, 3.8) is 0 Å². The molecule has 3 rings (SSSR count). The number of ether oxygens (including phenoxy) is 1. The Labute approximate surface area is 187 Å². The number of aryl methyl sites for hydroxylation is 1. The molecule has 6 heteroatoms. The molecule has 6 nitrogen and oxygen atoms in total. The Morgan fingerprint density at radius 1 is 0.969 bits per heavy atom. The van der Waals surface area contributed by atoms with E-state index in [2.05, 4.69) is 10.6 Å². The minimum absolute atomic E-state index is 0.0375. The van der Waals surface area contributed by atoms with Crippen LogP contribution in [0.2, 0.25) is 0 Å². The number of carbonyl (C=O) groups is 2. The van der Waals surface area contributed by atoms with Gasteiger partial charge in [-0.05, 0) is 79.1 Å². The third-order valence-electron chi connectivity index (χ3n) is 5.03. The number of nitrogens with zero attached hydrogens (tertiary/aromatic N) is 1. The Hall–Kier alpha value is -4.37. The topological polar surface area (TPSA) is 91.2 Å². The van der Waals surface area contributed by atoms with E-state index in [1.54, 1.807) is 61.7 Å². The third kappa shape index (κ3) is 5.41. The molecule has 0 saturated heterocycles. The molecule has 3 aromatic carbocycles. The third-order valence-corrected chi connectivity index (χ3v) is 5.03. The molecule has 2 N–H and O–H groups in total. The second kappa shape index (κ2) is 10.1. The quantitative estimate of drug-likeness (QED) is 0.424.